The lowest BCUT2D eigenvalue weighted by Crippen LogP contribution is -2.01. The fourth-order valence-electron chi connectivity index (χ4n) is 1.28. The topological polar surface area (TPSA) is 35.5 Å². The Balaban J connectivity index is 2.68. The molecule has 4 heteroatoms. The third-order valence-corrected chi connectivity index (χ3v) is 2.01. The minimum absolute atomic E-state index is 0.0412. The van der Waals surface area contributed by atoms with Crippen LogP contribution in [-0.2, 0) is 9.53 Å². The molecule has 0 saturated heterocycles. The Bertz CT molecular complexity index is 472. The van der Waals surface area contributed by atoms with Gasteiger partial charge in [0, 0.05) is 6.07 Å². The van der Waals surface area contributed by atoms with Crippen LogP contribution >= 0.6 is 0 Å². The summed E-state index contributed by atoms with van der Waals surface area (Å²) >= 11 is 0. The molecule has 0 amide bonds. The maximum Gasteiger partial charge on any atom is 0.317 e. The second kappa shape index (κ2) is 7.33. The normalized spacial score (nSPS) is 9.28. The average Bonchev–Trinajstić information content (AvgIpc) is 2.33. The molecule has 0 bridgehead atoms. The van der Waals surface area contributed by atoms with Gasteiger partial charge in [-0.05, 0) is 26.0 Å². The smallest absolute Gasteiger partial charge is 0.317 e. The Kier molecular flexibility index (Phi) is 5.72. The number of carbonyl (C=O) groups is 1. The number of halogens is 1. The van der Waals surface area contributed by atoms with Crippen LogP contribution in [0.2, 0.25) is 0 Å². The van der Waals surface area contributed by atoms with Crippen molar-refractivity contribution in [3.05, 3.63) is 29.6 Å². The largest absolute Gasteiger partial charge is 0.494 e. The highest BCUT2D eigenvalue weighted by molar-refractivity contribution is 5.72. The summed E-state index contributed by atoms with van der Waals surface area (Å²) in [4.78, 5) is 11.0. The predicted molar refractivity (Wildman–Crippen MR) is 65.7 cm³/mol. The lowest BCUT2D eigenvalue weighted by Gasteiger charge is -2.03. The number of carbonyl (C=O) groups excluding carboxylic acids is 1. The minimum atomic E-state index is -0.461. The number of hydrogen-bond acceptors (Lipinski definition) is 3. The molecule has 0 aliphatic rings. The molecule has 3 nitrogen and oxygen atoms in total. The number of hydrogen-bond donors (Lipinski definition) is 0. The summed E-state index contributed by atoms with van der Waals surface area (Å²) in [7, 11) is 0. The molecule has 0 unspecified atom stereocenters. The van der Waals surface area contributed by atoms with E-state index in [-0.39, 0.29) is 12.0 Å². The van der Waals surface area contributed by atoms with Gasteiger partial charge in [-0.1, -0.05) is 11.8 Å². The first-order valence-corrected chi connectivity index (χ1v) is 5.74. The zero-order chi connectivity index (χ0) is 13.4. The van der Waals surface area contributed by atoms with E-state index in [0.717, 1.165) is 0 Å². The zero-order valence-electron chi connectivity index (χ0n) is 10.5. The summed E-state index contributed by atoms with van der Waals surface area (Å²) in [5.74, 6) is 4.76. The van der Waals surface area contributed by atoms with Crippen LogP contribution in [-0.4, -0.2) is 19.2 Å². The third kappa shape index (κ3) is 4.46. The monoisotopic (exact) mass is 250 g/mol. The van der Waals surface area contributed by atoms with E-state index in [9.17, 15) is 9.18 Å². The maximum atomic E-state index is 13.5. The number of ether oxygens (including phenoxy) is 2. The fraction of sp³-hybridized carbons (Fsp3) is 0.357. The average molecular weight is 250 g/mol. The third-order valence-electron chi connectivity index (χ3n) is 2.01. The van der Waals surface area contributed by atoms with Crippen LogP contribution in [0.1, 0.15) is 25.8 Å². The van der Waals surface area contributed by atoms with Crippen LogP contribution in [0.25, 0.3) is 0 Å². The van der Waals surface area contributed by atoms with Gasteiger partial charge < -0.3 is 9.47 Å². The van der Waals surface area contributed by atoms with Crippen molar-refractivity contribution in [1.29, 1.82) is 0 Å². The molecule has 0 saturated carbocycles. The maximum absolute atomic E-state index is 13.5. The molecule has 0 heterocycles. The summed E-state index contributed by atoms with van der Waals surface area (Å²) in [5.41, 5.74) is 0.239. The van der Waals surface area contributed by atoms with E-state index >= 15 is 0 Å². The molecule has 96 valence electrons. The molecule has 0 aliphatic carbocycles. The molecule has 0 radical (unpaired) electrons. The lowest BCUT2D eigenvalue weighted by atomic mass is 10.2. The van der Waals surface area contributed by atoms with Gasteiger partial charge in [0.25, 0.3) is 0 Å². The van der Waals surface area contributed by atoms with Crippen molar-refractivity contribution in [3.63, 3.8) is 0 Å². The molecule has 1 rings (SSSR count). The molecule has 0 atom stereocenters. The van der Waals surface area contributed by atoms with Crippen molar-refractivity contribution >= 4 is 5.97 Å². The van der Waals surface area contributed by atoms with Gasteiger partial charge in [-0.2, -0.15) is 0 Å². The first-order chi connectivity index (χ1) is 8.67. The summed E-state index contributed by atoms with van der Waals surface area (Å²) in [6.07, 6.45) is -0.0412. The lowest BCUT2D eigenvalue weighted by molar-refractivity contribution is -0.141. The van der Waals surface area contributed by atoms with Crippen LogP contribution in [0, 0.1) is 17.7 Å². The van der Waals surface area contributed by atoms with Crippen LogP contribution in [0.3, 0.4) is 0 Å². The second-order valence-electron chi connectivity index (χ2n) is 3.36. The van der Waals surface area contributed by atoms with Gasteiger partial charge in [0.2, 0.25) is 0 Å². The van der Waals surface area contributed by atoms with Crippen LogP contribution in [0.4, 0.5) is 4.39 Å². The zero-order valence-corrected chi connectivity index (χ0v) is 10.5. The van der Waals surface area contributed by atoms with Gasteiger partial charge in [0.1, 0.15) is 18.0 Å². The highest BCUT2D eigenvalue weighted by Crippen LogP contribution is 2.15. The Morgan fingerprint density at radius 2 is 2.11 bits per heavy atom. The molecule has 0 spiro atoms. The minimum Gasteiger partial charge on any atom is -0.494 e. The Hall–Kier alpha value is -2.02. The summed E-state index contributed by atoms with van der Waals surface area (Å²) < 4.78 is 23.4. The molecule has 0 aromatic heterocycles. The quantitative estimate of drug-likeness (QED) is 0.608. The van der Waals surface area contributed by atoms with Crippen LogP contribution in [0.15, 0.2) is 18.2 Å². The standard InChI is InChI=1S/C14H15FO3/c1-3-17-12-9-8-11(13(15)10-12)6-5-7-14(16)18-4-2/h8-10H,3-4,7H2,1-2H3. The molecule has 1 aromatic rings. The number of rotatable bonds is 4. The Labute approximate surface area is 106 Å². The highest BCUT2D eigenvalue weighted by atomic mass is 19.1. The van der Waals surface area contributed by atoms with Gasteiger partial charge in [-0.3, -0.25) is 4.79 Å². The van der Waals surface area contributed by atoms with Crippen molar-refractivity contribution in [2.45, 2.75) is 20.3 Å². The molecular weight excluding hydrogens is 235 g/mol. The van der Waals surface area contributed by atoms with Crippen molar-refractivity contribution in [2.24, 2.45) is 0 Å². The predicted octanol–water partition coefficient (Wildman–Crippen LogP) is 2.53. The van der Waals surface area contributed by atoms with Gasteiger partial charge in [-0.15, -0.1) is 0 Å². The van der Waals surface area contributed by atoms with Gasteiger partial charge in [0.15, 0.2) is 0 Å². The molecular formula is C14H15FO3. The molecule has 1 aromatic carbocycles. The highest BCUT2D eigenvalue weighted by Gasteiger charge is 2.02. The van der Waals surface area contributed by atoms with Crippen LogP contribution in [0.5, 0.6) is 5.75 Å². The van der Waals surface area contributed by atoms with Crippen molar-refractivity contribution < 1.29 is 18.7 Å². The fourth-order valence-corrected chi connectivity index (χ4v) is 1.28. The van der Waals surface area contributed by atoms with E-state index in [0.29, 0.717) is 19.0 Å². The van der Waals surface area contributed by atoms with Gasteiger partial charge in [-0.25, -0.2) is 4.39 Å². The van der Waals surface area contributed by atoms with E-state index < -0.39 is 11.8 Å². The van der Waals surface area contributed by atoms with E-state index in [2.05, 4.69) is 11.8 Å². The summed E-state index contributed by atoms with van der Waals surface area (Å²) in [6.45, 7) is 4.34. The van der Waals surface area contributed by atoms with E-state index in [1.165, 1.54) is 12.1 Å². The van der Waals surface area contributed by atoms with E-state index in [4.69, 9.17) is 9.47 Å². The molecule has 0 fully saturated rings. The van der Waals surface area contributed by atoms with Gasteiger partial charge in [0.05, 0.1) is 18.8 Å². The molecule has 18 heavy (non-hydrogen) atoms. The Morgan fingerprint density at radius 3 is 2.72 bits per heavy atom. The first kappa shape index (κ1) is 14.0. The van der Waals surface area contributed by atoms with Crippen molar-refractivity contribution in [2.75, 3.05) is 13.2 Å². The second-order valence-corrected chi connectivity index (χ2v) is 3.36. The number of esters is 1. The van der Waals surface area contributed by atoms with Crippen LogP contribution < -0.4 is 4.74 Å². The van der Waals surface area contributed by atoms with Crippen molar-refractivity contribution in [1.82, 2.24) is 0 Å². The van der Waals surface area contributed by atoms with Crippen molar-refractivity contribution in [3.8, 4) is 17.6 Å². The van der Waals surface area contributed by atoms with Gasteiger partial charge >= 0.3 is 5.97 Å². The summed E-state index contributed by atoms with van der Waals surface area (Å²) in [6, 6.07) is 4.44. The summed E-state index contributed by atoms with van der Waals surface area (Å²) in [5, 5.41) is 0. The Morgan fingerprint density at radius 1 is 1.33 bits per heavy atom. The van der Waals surface area contributed by atoms with E-state index in [1.54, 1.807) is 13.0 Å². The number of benzene rings is 1. The molecule has 0 N–H and O–H groups in total. The SMILES string of the molecule is CCOC(=O)CC#Cc1ccc(OCC)cc1F. The molecule has 0 aliphatic heterocycles. The van der Waals surface area contributed by atoms with E-state index in [1.807, 2.05) is 6.92 Å². The first-order valence-electron chi connectivity index (χ1n) is 5.74.